The number of nitrogens with one attached hydrogen (secondary N) is 1. The Morgan fingerprint density at radius 1 is 1.33 bits per heavy atom. The van der Waals surface area contributed by atoms with Gasteiger partial charge in [-0.3, -0.25) is 0 Å². The molecule has 1 aliphatic heterocycles. The van der Waals surface area contributed by atoms with Crippen LogP contribution < -0.4 is 10.2 Å². The number of methoxy groups -OCH3 is 1. The molecule has 0 amide bonds. The molecule has 1 atom stereocenters. The van der Waals surface area contributed by atoms with Crippen LogP contribution in [0.5, 0.6) is 0 Å². The van der Waals surface area contributed by atoms with Crippen molar-refractivity contribution in [3.8, 4) is 0 Å². The first-order valence-corrected chi connectivity index (χ1v) is 8.29. The summed E-state index contributed by atoms with van der Waals surface area (Å²) in [5, 5.41) is 3.61. The molecule has 0 bridgehead atoms. The van der Waals surface area contributed by atoms with Crippen LogP contribution in [0.1, 0.15) is 43.9 Å². The van der Waals surface area contributed by atoms with E-state index in [0.717, 1.165) is 50.8 Å². The van der Waals surface area contributed by atoms with E-state index >= 15 is 0 Å². The van der Waals surface area contributed by atoms with E-state index in [0.29, 0.717) is 6.10 Å². The van der Waals surface area contributed by atoms with Gasteiger partial charge in [0.15, 0.2) is 0 Å². The highest BCUT2D eigenvalue weighted by Gasteiger charge is 2.24. The summed E-state index contributed by atoms with van der Waals surface area (Å²) in [6, 6.07) is 5.28. The molecule has 1 N–H and O–H groups in total. The molecule has 1 saturated heterocycles. The fourth-order valence-electron chi connectivity index (χ4n) is 2.96. The van der Waals surface area contributed by atoms with E-state index in [-0.39, 0.29) is 0 Å². The van der Waals surface area contributed by atoms with Gasteiger partial charge in [0.1, 0.15) is 5.82 Å². The van der Waals surface area contributed by atoms with Crippen molar-refractivity contribution in [1.82, 2.24) is 10.3 Å². The molecule has 1 saturated carbocycles. The van der Waals surface area contributed by atoms with Crippen LogP contribution in [0.2, 0.25) is 0 Å². The quantitative estimate of drug-likeness (QED) is 0.837. The molecule has 0 aromatic carbocycles. The zero-order valence-electron chi connectivity index (χ0n) is 13.3. The van der Waals surface area contributed by atoms with E-state index < -0.39 is 0 Å². The van der Waals surface area contributed by atoms with Crippen molar-refractivity contribution in [3.63, 3.8) is 0 Å². The Bertz CT molecular complexity index is 473. The average molecular weight is 289 g/mol. The van der Waals surface area contributed by atoms with Crippen molar-refractivity contribution in [2.24, 2.45) is 0 Å². The molecule has 0 spiro atoms. The molecular formula is C17H27N3O. The fraction of sp³-hybridized carbons (Fsp3) is 0.706. The number of rotatable bonds is 7. The Labute approximate surface area is 127 Å². The summed E-state index contributed by atoms with van der Waals surface area (Å²) in [6.45, 7) is 5.21. The Morgan fingerprint density at radius 2 is 2.19 bits per heavy atom. The van der Waals surface area contributed by atoms with Crippen LogP contribution in [0.25, 0.3) is 0 Å². The van der Waals surface area contributed by atoms with Crippen LogP contribution in [-0.2, 0) is 17.7 Å². The van der Waals surface area contributed by atoms with Gasteiger partial charge in [0.05, 0.1) is 6.10 Å². The maximum Gasteiger partial charge on any atom is 0.129 e. The Morgan fingerprint density at radius 3 is 2.86 bits per heavy atom. The van der Waals surface area contributed by atoms with E-state index in [9.17, 15) is 0 Å². The van der Waals surface area contributed by atoms with Crippen LogP contribution in [-0.4, -0.2) is 37.3 Å². The summed E-state index contributed by atoms with van der Waals surface area (Å²) in [5.41, 5.74) is 2.60. The molecule has 21 heavy (non-hydrogen) atoms. The number of pyridine rings is 1. The topological polar surface area (TPSA) is 37.4 Å². The van der Waals surface area contributed by atoms with Crippen molar-refractivity contribution in [2.45, 2.75) is 57.7 Å². The highest BCUT2D eigenvalue weighted by molar-refractivity contribution is 5.44. The summed E-state index contributed by atoms with van der Waals surface area (Å²) in [5.74, 6) is 1.13. The van der Waals surface area contributed by atoms with Gasteiger partial charge in [-0.25, -0.2) is 4.98 Å². The molecule has 1 unspecified atom stereocenters. The number of hydrogen-bond donors (Lipinski definition) is 1. The molecule has 116 valence electrons. The maximum atomic E-state index is 5.48. The van der Waals surface area contributed by atoms with E-state index in [1.165, 1.54) is 24.1 Å². The number of nitrogens with zero attached hydrogens (tertiary/aromatic N) is 2. The van der Waals surface area contributed by atoms with Crippen molar-refractivity contribution in [3.05, 3.63) is 23.4 Å². The molecule has 4 nitrogen and oxygen atoms in total. The summed E-state index contributed by atoms with van der Waals surface area (Å²) < 4.78 is 5.48. The number of aromatic nitrogens is 1. The third-order valence-corrected chi connectivity index (χ3v) is 4.41. The molecule has 2 fully saturated rings. The number of ether oxygens (including phenoxy) is 1. The summed E-state index contributed by atoms with van der Waals surface area (Å²) >= 11 is 0. The minimum Gasteiger partial charge on any atom is -0.380 e. The van der Waals surface area contributed by atoms with Gasteiger partial charge in [0.2, 0.25) is 0 Å². The Hall–Kier alpha value is -1.13. The van der Waals surface area contributed by atoms with E-state index in [1.54, 1.807) is 7.11 Å². The first-order chi connectivity index (χ1) is 10.3. The van der Waals surface area contributed by atoms with Crippen molar-refractivity contribution in [1.29, 1.82) is 0 Å². The van der Waals surface area contributed by atoms with Crippen LogP contribution in [0.4, 0.5) is 5.82 Å². The SMILES string of the molecule is CCCc1cc(CNC2CC2)cc(N2CCC(OC)C2)n1. The molecule has 1 aliphatic carbocycles. The summed E-state index contributed by atoms with van der Waals surface area (Å²) in [4.78, 5) is 7.23. The van der Waals surface area contributed by atoms with Gasteiger partial charge in [0.25, 0.3) is 0 Å². The fourth-order valence-corrected chi connectivity index (χ4v) is 2.96. The lowest BCUT2D eigenvalue weighted by molar-refractivity contribution is 0.121. The van der Waals surface area contributed by atoms with Crippen molar-refractivity contribution >= 4 is 5.82 Å². The number of anilines is 1. The van der Waals surface area contributed by atoms with Crippen LogP contribution in [0.3, 0.4) is 0 Å². The molecule has 0 radical (unpaired) electrons. The largest absolute Gasteiger partial charge is 0.380 e. The lowest BCUT2D eigenvalue weighted by Crippen LogP contribution is -2.24. The first-order valence-electron chi connectivity index (χ1n) is 8.29. The normalized spacial score (nSPS) is 22.0. The van der Waals surface area contributed by atoms with Crippen molar-refractivity contribution in [2.75, 3.05) is 25.1 Å². The smallest absolute Gasteiger partial charge is 0.129 e. The molecule has 3 rings (SSSR count). The second-order valence-corrected chi connectivity index (χ2v) is 6.32. The van der Waals surface area contributed by atoms with Gasteiger partial charge in [-0.2, -0.15) is 0 Å². The standard InChI is InChI=1S/C17H27N3O/c1-3-4-15-9-13(11-18-14-5-6-14)10-17(19-15)20-8-7-16(12-20)21-2/h9-10,14,16,18H,3-8,11-12H2,1-2H3. The second kappa shape index (κ2) is 6.75. The van der Waals surface area contributed by atoms with Gasteiger partial charge < -0.3 is 15.0 Å². The molecule has 2 aliphatic rings. The minimum atomic E-state index is 0.356. The third-order valence-electron chi connectivity index (χ3n) is 4.41. The third kappa shape index (κ3) is 3.95. The first kappa shape index (κ1) is 14.8. The lowest BCUT2D eigenvalue weighted by Gasteiger charge is -2.19. The van der Waals surface area contributed by atoms with Crippen LogP contribution in [0, 0.1) is 0 Å². The van der Waals surface area contributed by atoms with E-state index in [4.69, 9.17) is 9.72 Å². The molecular weight excluding hydrogens is 262 g/mol. The number of hydrogen-bond acceptors (Lipinski definition) is 4. The van der Waals surface area contributed by atoms with E-state index in [2.05, 4.69) is 29.3 Å². The van der Waals surface area contributed by atoms with E-state index in [1.807, 2.05) is 0 Å². The molecule has 2 heterocycles. The van der Waals surface area contributed by atoms with Crippen LogP contribution in [0.15, 0.2) is 12.1 Å². The Balaban J connectivity index is 1.73. The van der Waals surface area contributed by atoms with Crippen molar-refractivity contribution < 1.29 is 4.74 Å². The molecule has 1 aromatic heterocycles. The zero-order valence-corrected chi connectivity index (χ0v) is 13.3. The minimum absolute atomic E-state index is 0.356. The van der Waals surface area contributed by atoms with Gasteiger partial charge in [-0.15, -0.1) is 0 Å². The summed E-state index contributed by atoms with van der Waals surface area (Å²) in [6.07, 6.45) is 6.34. The van der Waals surface area contributed by atoms with Gasteiger partial charge in [-0.1, -0.05) is 13.3 Å². The summed E-state index contributed by atoms with van der Waals surface area (Å²) in [7, 11) is 1.81. The number of aryl methyl sites for hydroxylation is 1. The average Bonchev–Trinajstić information content (AvgIpc) is 3.20. The Kier molecular flexibility index (Phi) is 4.76. The highest BCUT2D eigenvalue weighted by Crippen LogP contribution is 2.23. The van der Waals surface area contributed by atoms with Gasteiger partial charge in [-0.05, 0) is 43.4 Å². The maximum absolute atomic E-state index is 5.48. The zero-order chi connectivity index (χ0) is 14.7. The second-order valence-electron chi connectivity index (χ2n) is 6.32. The van der Waals surface area contributed by atoms with Gasteiger partial charge in [0, 0.05) is 38.5 Å². The molecule has 1 aromatic rings. The lowest BCUT2D eigenvalue weighted by atomic mass is 10.1. The highest BCUT2D eigenvalue weighted by atomic mass is 16.5. The monoisotopic (exact) mass is 289 g/mol. The van der Waals surface area contributed by atoms with Crippen LogP contribution >= 0.6 is 0 Å². The molecule has 4 heteroatoms. The van der Waals surface area contributed by atoms with Gasteiger partial charge >= 0.3 is 0 Å². The predicted molar refractivity (Wildman–Crippen MR) is 85.7 cm³/mol. The predicted octanol–water partition coefficient (Wildman–Crippen LogP) is 2.51.